The van der Waals surface area contributed by atoms with Crippen molar-refractivity contribution in [1.29, 1.82) is 0 Å². The number of nitrogens with zero attached hydrogens (tertiary/aromatic N) is 4. The fraction of sp³-hybridized carbons (Fsp3) is 0.654. The van der Waals surface area contributed by atoms with E-state index in [0.29, 0.717) is 24.6 Å². The van der Waals surface area contributed by atoms with Crippen LogP contribution in [0.3, 0.4) is 0 Å². The number of halogens is 3. The van der Waals surface area contributed by atoms with Gasteiger partial charge in [0.1, 0.15) is 17.7 Å². The van der Waals surface area contributed by atoms with Gasteiger partial charge in [0, 0.05) is 44.7 Å². The summed E-state index contributed by atoms with van der Waals surface area (Å²) in [5.41, 5.74) is 0.809. The highest BCUT2D eigenvalue weighted by Gasteiger charge is 2.43. The summed E-state index contributed by atoms with van der Waals surface area (Å²) in [7, 11) is 1.62. The number of carbonyl (C=O) groups excluding carboxylic acids is 1. The summed E-state index contributed by atoms with van der Waals surface area (Å²) in [6.45, 7) is 7.55. The lowest BCUT2D eigenvalue weighted by molar-refractivity contribution is -0.187. The minimum Gasteiger partial charge on any atom is -0.358 e. The zero-order valence-electron chi connectivity index (χ0n) is 21.3. The Hall–Kier alpha value is -2.46. The third-order valence-electron chi connectivity index (χ3n) is 7.54. The highest BCUT2D eigenvalue weighted by Crippen LogP contribution is 2.39. The third kappa shape index (κ3) is 6.26. The van der Waals surface area contributed by atoms with E-state index in [1.54, 1.807) is 7.05 Å². The zero-order valence-corrected chi connectivity index (χ0v) is 21.3. The molecule has 2 aliphatic rings. The van der Waals surface area contributed by atoms with Crippen LogP contribution in [0.2, 0.25) is 0 Å². The van der Waals surface area contributed by atoms with Gasteiger partial charge < -0.3 is 10.6 Å². The molecular formula is C26H37F3N6O. The molecule has 0 bridgehead atoms. The fourth-order valence-electron chi connectivity index (χ4n) is 5.42. The number of hydrogen-bond donors (Lipinski definition) is 2. The monoisotopic (exact) mass is 506 g/mol. The normalized spacial score (nSPS) is 23.1. The van der Waals surface area contributed by atoms with E-state index in [-0.39, 0.29) is 30.7 Å². The molecule has 1 aromatic heterocycles. The molecule has 36 heavy (non-hydrogen) atoms. The second kappa shape index (κ2) is 11.3. The Morgan fingerprint density at radius 1 is 1.11 bits per heavy atom. The van der Waals surface area contributed by atoms with E-state index >= 15 is 0 Å². The van der Waals surface area contributed by atoms with Crippen molar-refractivity contribution in [3.63, 3.8) is 0 Å². The van der Waals surface area contributed by atoms with Crippen LogP contribution in [0.25, 0.3) is 10.9 Å². The molecule has 10 heteroatoms. The van der Waals surface area contributed by atoms with Gasteiger partial charge in [0.05, 0.1) is 18.0 Å². The molecule has 1 saturated carbocycles. The number of likely N-dealkylation sites (N-methyl/N-ethyl adjacent to an activating group) is 1. The summed E-state index contributed by atoms with van der Waals surface area (Å²) in [4.78, 5) is 26.5. The van der Waals surface area contributed by atoms with E-state index in [0.717, 1.165) is 43.5 Å². The number of rotatable bonds is 7. The number of nitrogens with one attached hydrogen (secondary N) is 2. The SMILES string of the molecule is CNC(=O)[C@@H](Nc1nc(CN2CCN(C3CCCC(C(F)(F)F)C3)CC2)nc2ccccc12)C(C)C. The topological polar surface area (TPSA) is 73.4 Å². The van der Waals surface area contributed by atoms with Crippen molar-refractivity contribution >= 4 is 22.6 Å². The van der Waals surface area contributed by atoms with E-state index in [9.17, 15) is 18.0 Å². The molecule has 0 radical (unpaired) electrons. The lowest BCUT2D eigenvalue weighted by Crippen LogP contribution is -2.51. The Labute approximate surface area is 210 Å². The quantitative estimate of drug-likeness (QED) is 0.590. The van der Waals surface area contributed by atoms with Crippen LogP contribution in [0.15, 0.2) is 24.3 Å². The maximum atomic E-state index is 13.2. The van der Waals surface area contributed by atoms with E-state index in [1.165, 1.54) is 0 Å². The van der Waals surface area contributed by atoms with Crippen LogP contribution in [0.1, 0.15) is 45.4 Å². The van der Waals surface area contributed by atoms with Crippen LogP contribution >= 0.6 is 0 Å². The molecule has 2 unspecified atom stereocenters. The maximum Gasteiger partial charge on any atom is 0.391 e. The lowest BCUT2D eigenvalue weighted by atomic mass is 9.84. The Bertz CT molecular complexity index is 1040. The maximum absolute atomic E-state index is 13.2. The van der Waals surface area contributed by atoms with Gasteiger partial charge in [-0.05, 0) is 37.3 Å². The van der Waals surface area contributed by atoms with Gasteiger partial charge in [0.2, 0.25) is 5.91 Å². The molecule has 1 amide bonds. The molecule has 1 aliphatic heterocycles. The highest BCUT2D eigenvalue weighted by molar-refractivity contribution is 5.92. The molecule has 1 saturated heterocycles. The van der Waals surface area contributed by atoms with Crippen molar-refractivity contribution in [3.05, 3.63) is 30.1 Å². The van der Waals surface area contributed by atoms with E-state index in [4.69, 9.17) is 9.97 Å². The van der Waals surface area contributed by atoms with Crippen LogP contribution in [0, 0.1) is 11.8 Å². The average molecular weight is 507 g/mol. The van der Waals surface area contributed by atoms with E-state index in [2.05, 4.69) is 20.4 Å². The summed E-state index contributed by atoms with van der Waals surface area (Å²) in [6, 6.07) is 7.32. The number of para-hydroxylation sites is 1. The summed E-state index contributed by atoms with van der Waals surface area (Å²) in [6.07, 6.45) is -2.13. The first-order chi connectivity index (χ1) is 17.2. The van der Waals surface area contributed by atoms with Crippen LogP contribution in [0.5, 0.6) is 0 Å². The molecule has 1 aromatic carbocycles. The number of carbonyl (C=O) groups is 1. The van der Waals surface area contributed by atoms with Gasteiger partial charge in [0.15, 0.2) is 0 Å². The summed E-state index contributed by atoms with van der Waals surface area (Å²) in [5, 5.41) is 6.91. The van der Waals surface area contributed by atoms with Crippen LogP contribution < -0.4 is 10.6 Å². The molecule has 2 fully saturated rings. The number of hydrogen-bond acceptors (Lipinski definition) is 6. The third-order valence-corrected chi connectivity index (χ3v) is 7.54. The molecule has 3 atom stereocenters. The summed E-state index contributed by atoms with van der Waals surface area (Å²) < 4.78 is 39.7. The van der Waals surface area contributed by atoms with Crippen molar-refractivity contribution < 1.29 is 18.0 Å². The van der Waals surface area contributed by atoms with Gasteiger partial charge in [0.25, 0.3) is 0 Å². The highest BCUT2D eigenvalue weighted by atomic mass is 19.4. The van der Waals surface area contributed by atoms with Crippen molar-refractivity contribution in [2.45, 2.75) is 64.3 Å². The smallest absolute Gasteiger partial charge is 0.358 e. The Kier molecular flexibility index (Phi) is 8.34. The van der Waals surface area contributed by atoms with Crippen molar-refractivity contribution in [3.8, 4) is 0 Å². The van der Waals surface area contributed by atoms with E-state index in [1.807, 2.05) is 38.1 Å². The molecule has 198 valence electrons. The molecule has 0 spiro atoms. The van der Waals surface area contributed by atoms with Crippen molar-refractivity contribution in [2.75, 3.05) is 38.5 Å². The van der Waals surface area contributed by atoms with Crippen LogP contribution in [-0.4, -0.2) is 77.2 Å². The minimum atomic E-state index is -4.09. The van der Waals surface area contributed by atoms with Crippen molar-refractivity contribution in [1.82, 2.24) is 25.1 Å². The minimum absolute atomic E-state index is 0.0120. The number of amides is 1. The molecular weight excluding hydrogens is 469 g/mol. The van der Waals surface area contributed by atoms with E-state index < -0.39 is 18.1 Å². The Morgan fingerprint density at radius 2 is 1.83 bits per heavy atom. The first kappa shape index (κ1) is 26.6. The summed E-state index contributed by atoms with van der Waals surface area (Å²) >= 11 is 0. The Balaban J connectivity index is 1.43. The number of alkyl halides is 3. The van der Waals surface area contributed by atoms with Crippen molar-refractivity contribution in [2.24, 2.45) is 11.8 Å². The number of anilines is 1. The molecule has 4 rings (SSSR count). The zero-order chi connectivity index (χ0) is 25.9. The van der Waals surface area contributed by atoms with Gasteiger partial charge in [-0.15, -0.1) is 0 Å². The van der Waals surface area contributed by atoms with Gasteiger partial charge in [-0.3, -0.25) is 14.6 Å². The first-order valence-electron chi connectivity index (χ1n) is 12.9. The number of piperazine rings is 1. The standard InChI is InChI=1S/C26H37F3N6O/c1-17(2)23(25(36)30-3)33-24-20-9-4-5-10-21(20)31-22(32-24)16-34-11-13-35(14-12-34)19-8-6-7-18(15-19)26(27,28)29/h4-5,9-10,17-19,23H,6-8,11-16H2,1-3H3,(H,30,36)(H,31,32,33)/t18?,19?,23-/m0/s1. The Morgan fingerprint density at radius 3 is 2.50 bits per heavy atom. The summed E-state index contributed by atoms with van der Waals surface area (Å²) in [5.74, 6) is 0.0965. The van der Waals surface area contributed by atoms with Gasteiger partial charge in [-0.25, -0.2) is 9.97 Å². The fourth-order valence-corrected chi connectivity index (χ4v) is 5.42. The number of aromatic nitrogens is 2. The van der Waals surface area contributed by atoms with Gasteiger partial charge >= 0.3 is 6.18 Å². The first-order valence-corrected chi connectivity index (χ1v) is 12.9. The second-order valence-corrected chi connectivity index (χ2v) is 10.4. The van der Waals surface area contributed by atoms with Gasteiger partial charge in [-0.2, -0.15) is 13.2 Å². The van der Waals surface area contributed by atoms with Gasteiger partial charge in [-0.1, -0.05) is 32.4 Å². The second-order valence-electron chi connectivity index (χ2n) is 10.4. The number of fused-ring (bicyclic) bond motifs is 1. The molecule has 2 aromatic rings. The lowest BCUT2D eigenvalue weighted by Gasteiger charge is -2.42. The molecule has 1 aliphatic carbocycles. The van der Waals surface area contributed by atoms with Crippen LogP contribution in [-0.2, 0) is 11.3 Å². The molecule has 2 N–H and O–H groups in total. The average Bonchev–Trinajstić information content (AvgIpc) is 2.86. The number of benzene rings is 1. The largest absolute Gasteiger partial charge is 0.391 e. The predicted molar refractivity (Wildman–Crippen MR) is 135 cm³/mol. The molecule has 2 heterocycles. The predicted octanol–water partition coefficient (Wildman–Crippen LogP) is 4.05. The molecule has 7 nitrogen and oxygen atoms in total. The van der Waals surface area contributed by atoms with Crippen LogP contribution in [0.4, 0.5) is 19.0 Å².